The van der Waals surface area contributed by atoms with Gasteiger partial charge >= 0.3 is 17.9 Å². The number of hydrogen-bond acceptors (Lipinski definition) is 6. The van der Waals surface area contributed by atoms with Crippen LogP contribution in [0.4, 0.5) is 0 Å². The number of esters is 3. The molecule has 6 heteroatoms. The lowest BCUT2D eigenvalue weighted by Crippen LogP contribution is -2.30. The minimum Gasteiger partial charge on any atom is -0.462 e. The van der Waals surface area contributed by atoms with Crippen molar-refractivity contribution in [2.75, 3.05) is 13.2 Å². The maximum atomic E-state index is 12.8. The molecule has 0 aliphatic heterocycles. The lowest BCUT2D eigenvalue weighted by molar-refractivity contribution is -0.167. The van der Waals surface area contributed by atoms with Crippen LogP contribution >= 0.6 is 0 Å². The highest BCUT2D eigenvalue weighted by Gasteiger charge is 2.19. The maximum Gasteiger partial charge on any atom is 0.306 e. The van der Waals surface area contributed by atoms with Crippen molar-refractivity contribution >= 4 is 17.9 Å². The van der Waals surface area contributed by atoms with E-state index in [1.807, 2.05) is 0 Å². The number of carbonyl (C=O) groups excluding carboxylic acids is 3. The highest BCUT2D eigenvalue weighted by molar-refractivity contribution is 5.71. The summed E-state index contributed by atoms with van der Waals surface area (Å²) in [5, 5.41) is 0. The van der Waals surface area contributed by atoms with E-state index in [9.17, 15) is 14.4 Å². The average Bonchev–Trinajstić information content (AvgIpc) is 3.22. The van der Waals surface area contributed by atoms with Crippen molar-refractivity contribution in [3.63, 3.8) is 0 Å². The highest BCUT2D eigenvalue weighted by atomic mass is 16.6. The normalized spacial score (nSPS) is 12.1. The molecule has 60 heavy (non-hydrogen) atoms. The van der Waals surface area contributed by atoms with E-state index in [0.717, 1.165) is 69.6 Å². The molecule has 0 spiro atoms. The first-order valence-corrected chi connectivity index (χ1v) is 26.7. The zero-order valence-electron chi connectivity index (χ0n) is 41.1. The monoisotopic (exact) mass is 849 g/mol. The Morgan fingerprint density at radius 1 is 0.317 bits per heavy atom. The summed E-state index contributed by atoms with van der Waals surface area (Å²) in [6.07, 6.45) is 48.0. The van der Waals surface area contributed by atoms with Gasteiger partial charge < -0.3 is 14.2 Å². The van der Waals surface area contributed by atoms with Crippen LogP contribution in [0.3, 0.4) is 0 Å². The van der Waals surface area contributed by atoms with E-state index in [1.165, 1.54) is 186 Å². The van der Waals surface area contributed by atoms with Crippen LogP contribution in [0.15, 0.2) is 0 Å². The van der Waals surface area contributed by atoms with Gasteiger partial charge in [-0.3, -0.25) is 14.4 Å². The van der Waals surface area contributed by atoms with E-state index >= 15 is 0 Å². The van der Waals surface area contributed by atoms with Crippen LogP contribution in [0.5, 0.6) is 0 Å². The van der Waals surface area contributed by atoms with Gasteiger partial charge in [-0.25, -0.2) is 0 Å². The number of ether oxygens (including phenoxy) is 3. The quantitative estimate of drug-likeness (QED) is 0.0345. The second-order valence-corrected chi connectivity index (χ2v) is 19.5. The number of carbonyl (C=O) groups is 3. The summed E-state index contributed by atoms with van der Waals surface area (Å²) in [5.74, 6) is 0.819. The Morgan fingerprint density at radius 3 is 0.817 bits per heavy atom. The van der Waals surface area contributed by atoms with E-state index in [4.69, 9.17) is 14.2 Å². The van der Waals surface area contributed by atoms with E-state index in [-0.39, 0.29) is 31.1 Å². The summed E-state index contributed by atoms with van der Waals surface area (Å²) >= 11 is 0. The van der Waals surface area contributed by atoms with Crippen molar-refractivity contribution in [3.8, 4) is 0 Å². The lowest BCUT2D eigenvalue weighted by atomic mass is 10.0. The van der Waals surface area contributed by atoms with Gasteiger partial charge in [-0.05, 0) is 31.1 Å². The second kappa shape index (κ2) is 46.9. The van der Waals surface area contributed by atoms with E-state index in [1.54, 1.807) is 0 Å². The fourth-order valence-corrected chi connectivity index (χ4v) is 8.17. The van der Waals surface area contributed by atoms with Gasteiger partial charge in [-0.2, -0.15) is 0 Å². The van der Waals surface area contributed by atoms with Crippen molar-refractivity contribution in [3.05, 3.63) is 0 Å². The van der Waals surface area contributed by atoms with Crippen molar-refractivity contribution in [2.24, 2.45) is 11.8 Å². The summed E-state index contributed by atoms with van der Waals surface area (Å²) in [6.45, 7) is 11.4. The van der Waals surface area contributed by atoms with E-state index < -0.39 is 6.10 Å². The molecule has 0 aliphatic rings. The van der Waals surface area contributed by atoms with Gasteiger partial charge in [0.05, 0.1) is 0 Å². The van der Waals surface area contributed by atoms with Crippen LogP contribution in [-0.4, -0.2) is 37.2 Å². The molecule has 0 aliphatic carbocycles. The molecular formula is C54H104O6. The first kappa shape index (κ1) is 58.4. The molecule has 0 saturated carbocycles. The molecule has 0 aromatic carbocycles. The molecule has 0 aromatic rings. The third kappa shape index (κ3) is 47.5. The Labute approximate surface area is 374 Å². The van der Waals surface area contributed by atoms with Gasteiger partial charge in [0.15, 0.2) is 6.10 Å². The van der Waals surface area contributed by atoms with Gasteiger partial charge in [0.2, 0.25) is 0 Å². The van der Waals surface area contributed by atoms with Crippen molar-refractivity contribution in [1.82, 2.24) is 0 Å². The highest BCUT2D eigenvalue weighted by Crippen LogP contribution is 2.18. The van der Waals surface area contributed by atoms with Gasteiger partial charge in [0, 0.05) is 19.3 Å². The molecule has 0 N–H and O–H groups in total. The Bertz CT molecular complexity index is 916. The van der Waals surface area contributed by atoms with Gasteiger partial charge in [0.25, 0.3) is 0 Å². The minimum absolute atomic E-state index is 0.0634. The van der Waals surface area contributed by atoms with Gasteiger partial charge in [-0.15, -0.1) is 0 Å². The molecule has 0 unspecified atom stereocenters. The summed E-state index contributed by atoms with van der Waals surface area (Å²) in [7, 11) is 0. The first-order chi connectivity index (χ1) is 29.2. The van der Waals surface area contributed by atoms with Crippen LogP contribution < -0.4 is 0 Å². The molecule has 0 heterocycles. The van der Waals surface area contributed by atoms with Crippen LogP contribution in [0.1, 0.15) is 298 Å². The topological polar surface area (TPSA) is 78.9 Å². The van der Waals surface area contributed by atoms with Crippen LogP contribution in [-0.2, 0) is 28.6 Å². The van der Waals surface area contributed by atoms with Crippen LogP contribution in [0.2, 0.25) is 0 Å². The maximum absolute atomic E-state index is 12.8. The third-order valence-electron chi connectivity index (χ3n) is 12.2. The predicted octanol–water partition coefficient (Wildman–Crippen LogP) is 17.3. The number of rotatable bonds is 48. The van der Waals surface area contributed by atoms with Crippen molar-refractivity contribution < 1.29 is 28.6 Å². The zero-order chi connectivity index (χ0) is 44.0. The SMILES string of the molecule is CCCCCCCCCCCCCC(=O)OC[C@@H](COC(=O)CCCCCCCCCCCCCCCCCC(C)C)OC(=O)CCCCCCCCCCCCC(C)C. The first-order valence-electron chi connectivity index (χ1n) is 26.7. The molecular weight excluding hydrogens is 745 g/mol. The fraction of sp³-hybridized carbons (Fsp3) is 0.944. The smallest absolute Gasteiger partial charge is 0.306 e. The Morgan fingerprint density at radius 2 is 0.550 bits per heavy atom. The summed E-state index contributed by atoms with van der Waals surface area (Å²) < 4.78 is 16.8. The summed E-state index contributed by atoms with van der Waals surface area (Å²) in [4.78, 5) is 38.0. The van der Waals surface area contributed by atoms with E-state index in [0.29, 0.717) is 19.3 Å². The van der Waals surface area contributed by atoms with Crippen LogP contribution in [0.25, 0.3) is 0 Å². The second-order valence-electron chi connectivity index (χ2n) is 19.5. The lowest BCUT2D eigenvalue weighted by Gasteiger charge is -2.18. The molecule has 0 rings (SSSR count). The molecule has 0 saturated heterocycles. The predicted molar refractivity (Wildman–Crippen MR) is 256 cm³/mol. The summed E-state index contributed by atoms with van der Waals surface area (Å²) in [6, 6.07) is 0. The zero-order valence-corrected chi connectivity index (χ0v) is 41.1. The average molecular weight is 849 g/mol. The van der Waals surface area contributed by atoms with Crippen LogP contribution in [0, 0.1) is 11.8 Å². The summed E-state index contributed by atoms with van der Waals surface area (Å²) in [5.41, 5.74) is 0. The third-order valence-corrected chi connectivity index (χ3v) is 12.2. The van der Waals surface area contributed by atoms with Gasteiger partial charge in [0.1, 0.15) is 13.2 Å². The Hall–Kier alpha value is -1.59. The van der Waals surface area contributed by atoms with E-state index in [2.05, 4.69) is 34.6 Å². The Balaban J connectivity index is 4.26. The molecule has 0 bridgehead atoms. The van der Waals surface area contributed by atoms with Crippen molar-refractivity contribution in [2.45, 2.75) is 304 Å². The largest absolute Gasteiger partial charge is 0.462 e. The molecule has 6 nitrogen and oxygen atoms in total. The molecule has 0 radical (unpaired) electrons. The number of hydrogen-bond donors (Lipinski definition) is 0. The fourth-order valence-electron chi connectivity index (χ4n) is 8.17. The number of unbranched alkanes of at least 4 members (excludes halogenated alkanes) is 33. The molecule has 0 fully saturated rings. The molecule has 0 aromatic heterocycles. The van der Waals surface area contributed by atoms with Crippen molar-refractivity contribution in [1.29, 1.82) is 0 Å². The molecule has 1 atom stereocenters. The minimum atomic E-state index is -0.761. The molecule has 0 amide bonds. The van der Waals surface area contributed by atoms with Gasteiger partial charge in [-0.1, -0.05) is 259 Å². The molecule has 356 valence electrons. The Kier molecular flexibility index (Phi) is 45.7. The standard InChI is InChI=1S/C54H104O6/c1-6-7-8-9-10-11-17-24-29-34-39-44-52(55)58-47-51(60-54(57)46-41-36-31-26-21-20-23-28-33-38-43-50(4)5)48-59-53(56)45-40-35-30-25-19-16-14-12-13-15-18-22-27-32-37-42-49(2)3/h49-51H,6-48H2,1-5H3/t51-/m0/s1.